The summed E-state index contributed by atoms with van der Waals surface area (Å²) in [5.41, 5.74) is 3.23. The number of nitrogens with one attached hydrogen (secondary N) is 1. The number of benzene rings is 2. The van der Waals surface area contributed by atoms with Crippen LogP contribution in [-0.2, 0) is 6.54 Å². The number of hydrogen-bond donors (Lipinski definition) is 1. The van der Waals surface area contributed by atoms with Gasteiger partial charge in [0.25, 0.3) is 5.91 Å². The van der Waals surface area contributed by atoms with E-state index >= 15 is 0 Å². The lowest BCUT2D eigenvalue weighted by Crippen LogP contribution is -2.49. The van der Waals surface area contributed by atoms with Crippen molar-refractivity contribution >= 4 is 5.91 Å². The number of carbonyl (C=O) groups is 1. The third-order valence-corrected chi connectivity index (χ3v) is 6.36. The summed E-state index contributed by atoms with van der Waals surface area (Å²) in [6, 6.07) is 18.8. The van der Waals surface area contributed by atoms with Gasteiger partial charge in [-0.1, -0.05) is 75.2 Å². The molecule has 1 N–H and O–H groups in total. The first-order valence-corrected chi connectivity index (χ1v) is 9.85. The SMILES string of the molecule is C[C@@H]1[C@H](C)CCC[C@@H]1N1C(=O)c2ccccc2[C@H]1NCc1ccccc1. The maximum Gasteiger partial charge on any atom is 0.256 e. The second-order valence-electron chi connectivity index (χ2n) is 7.90. The van der Waals surface area contributed by atoms with E-state index in [1.54, 1.807) is 0 Å². The molecule has 2 aliphatic rings. The Labute approximate surface area is 156 Å². The van der Waals surface area contributed by atoms with Crippen LogP contribution < -0.4 is 5.32 Å². The molecule has 4 atom stereocenters. The van der Waals surface area contributed by atoms with Gasteiger partial charge in [-0.25, -0.2) is 0 Å². The number of nitrogens with zero attached hydrogens (tertiary/aromatic N) is 1. The van der Waals surface area contributed by atoms with E-state index < -0.39 is 0 Å². The zero-order valence-electron chi connectivity index (χ0n) is 15.7. The van der Waals surface area contributed by atoms with Gasteiger partial charge in [-0.2, -0.15) is 0 Å². The summed E-state index contributed by atoms with van der Waals surface area (Å²) in [5, 5.41) is 3.67. The van der Waals surface area contributed by atoms with Crippen molar-refractivity contribution < 1.29 is 4.79 Å². The number of hydrogen-bond acceptors (Lipinski definition) is 2. The van der Waals surface area contributed by atoms with Crippen LogP contribution in [-0.4, -0.2) is 16.8 Å². The number of rotatable bonds is 4. The molecule has 0 unspecified atom stereocenters. The molecule has 3 heteroatoms. The summed E-state index contributed by atoms with van der Waals surface area (Å²) in [6.07, 6.45) is 3.56. The molecule has 1 amide bonds. The summed E-state index contributed by atoms with van der Waals surface area (Å²) in [7, 11) is 0. The fraction of sp³-hybridized carbons (Fsp3) is 0.435. The minimum absolute atomic E-state index is 0.0309. The summed E-state index contributed by atoms with van der Waals surface area (Å²) in [4.78, 5) is 15.4. The van der Waals surface area contributed by atoms with Crippen LogP contribution >= 0.6 is 0 Å². The Morgan fingerprint density at radius 2 is 1.73 bits per heavy atom. The van der Waals surface area contributed by atoms with Crippen molar-refractivity contribution in [2.45, 2.75) is 51.9 Å². The van der Waals surface area contributed by atoms with Crippen molar-refractivity contribution in [3.63, 3.8) is 0 Å². The van der Waals surface area contributed by atoms with E-state index in [2.05, 4.69) is 54.4 Å². The third-order valence-electron chi connectivity index (χ3n) is 6.36. The highest BCUT2D eigenvalue weighted by Crippen LogP contribution is 2.41. The summed E-state index contributed by atoms with van der Waals surface area (Å²) in [6.45, 7) is 5.41. The maximum absolute atomic E-state index is 13.3. The van der Waals surface area contributed by atoms with Gasteiger partial charge in [0.15, 0.2) is 0 Å². The Bertz CT molecular complexity index is 773. The standard InChI is InChI=1S/C23H28N2O/c1-16-9-8-14-21(17(16)2)25-22(24-15-18-10-4-3-5-11-18)19-12-6-7-13-20(19)23(25)26/h3-7,10-13,16-17,21-22,24H,8-9,14-15H2,1-2H3/t16-,17-,21+,22+/m1/s1. The van der Waals surface area contributed by atoms with E-state index in [9.17, 15) is 4.79 Å². The average Bonchev–Trinajstić information content (AvgIpc) is 2.95. The van der Waals surface area contributed by atoms with E-state index in [-0.39, 0.29) is 12.1 Å². The molecule has 3 nitrogen and oxygen atoms in total. The highest BCUT2D eigenvalue weighted by atomic mass is 16.2. The monoisotopic (exact) mass is 348 g/mol. The van der Waals surface area contributed by atoms with E-state index in [1.165, 1.54) is 18.4 Å². The first-order valence-electron chi connectivity index (χ1n) is 9.85. The lowest BCUT2D eigenvalue weighted by Gasteiger charge is -2.42. The van der Waals surface area contributed by atoms with E-state index in [0.29, 0.717) is 17.9 Å². The quantitative estimate of drug-likeness (QED) is 0.864. The molecule has 26 heavy (non-hydrogen) atoms. The van der Waals surface area contributed by atoms with Crippen LogP contribution in [0.25, 0.3) is 0 Å². The van der Waals surface area contributed by atoms with Gasteiger partial charge >= 0.3 is 0 Å². The molecule has 0 saturated heterocycles. The largest absolute Gasteiger partial charge is 0.316 e. The van der Waals surface area contributed by atoms with Crippen LogP contribution in [0.2, 0.25) is 0 Å². The molecule has 1 fully saturated rings. The van der Waals surface area contributed by atoms with Crippen molar-refractivity contribution in [3.8, 4) is 0 Å². The van der Waals surface area contributed by atoms with Crippen molar-refractivity contribution in [1.29, 1.82) is 0 Å². The lowest BCUT2D eigenvalue weighted by molar-refractivity contribution is 0.0317. The summed E-state index contributed by atoms with van der Waals surface area (Å²) >= 11 is 0. The van der Waals surface area contributed by atoms with Gasteiger partial charge in [-0.3, -0.25) is 10.1 Å². The molecule has 0 radical (unpaired) electrons. The highest BCUT2D eigenvalue weighted by Gasteiger charge is 2.43. The Hall–Kier alpha value is -2.13. The van der Waals surface area contributed by atoms with Gasteiger partial charge in [-0.15, -0.1) is 0 Å². The second kappa shape index (κ2) is 7.24. The van der Waals surface area contributed by atoms with E-state index in [4.69, 9.17) is 0 Å². The smallest absolute Gasteiger partial charge is 0.256 e. The number of carbonyl (C=O) groups excluding carboxylic acids is 1. The van der Waals surface area contributed by atoms with Gasteiger partial charge in [0, 0.05) is 23.7 Å². The van der Waals surface area contributed by atoms with Gasteiger partial charge in [0.05, 0.1) is 0 Å². The molecule has 1 aliphatic carbocycles. The molecular formula is C23H28N2O. The van der Waals surface area contributed by atoms with Crippen molar-refractivity contribution in [1.82, 2.24) is 10.2 Å². The molecule has 1 saturated carbocycles. The fourth-order valence-corrected chi connectivity index (χ4v) is 4.64. The maximum atomic E-state index is 13.3. The first kappa shape index (κ1) is 17.3. The van der Waals surface area contributed by atoms with Crippen molar-refractivity contribution in [3.05, 3.63) is 71.3 Å². The molecule has 0 spiro atoms. The number of fused-ring (bicyclic) bond motifs is 1. The fourth-order valence-electron chi connectivity index (χ4n) is 4.64. The van der Waals surface area contributed by atoms with Crippen LogP contribution in [0.4, 0.5) is 0 Å². The van der Waals surface area contributed by atoms with Crippen LogP contribution in [0.1, 0.15) is 60.8 Å². The predicted octanol–water partition coefficient (Wildman–Crippen LogP) is 4.76. The minimum atomic E-state index is -0.0309. The van der Waals surface area contributed by atoms with Gasteiger partial charge < -0.3 is 4.90 Å². The topological polar surface area (TPSA) is 32.3 Å². The zero-order valence-corrected chi connectivity index (χ0v) is 15.7. The molecule has 136 valence electrons. The molecule has 0 aromatic heterocycles. The zero-order chi connectivity index (χ0) is 18.1. The van der Waals surface area contributed by atoms with Crippen LogP contribution in [0, 0.1) is 11.8 Å². The summed E-state index contributed by atoms with van der Waals surface area (Å²) in [5.74, 6) is 1.39. The Balaban J connectivity index is 1.63. The Morgan fingerprint density at radius 1 is 1.00 bits per heavy atom. The highest BCUT2D eigenvalue weighted by molar-refractivity contribution is 5.99. The molecule has 1 heterocycles. The summed E-state index contributed by atoms with van der Waals surface area (Å²) < 4.78 is 0. The second-order valence-corrected chi connectivity index (χ2v) is 7.90. The van der Waals surface area contributed by atoms with E-state index in [0.717, 1.165) is 24.1 Å². The van der Waals surface area contributed by atoms with Gasteiger partial charge in [-0.05, 0) is 29.9 Å². The molecule has 2 aromatic rings. The van der Waals surface area contributed by atoms with Gasteiger partial charge in [0.1, 0.15) is 6.17 Å². The van der Waals surface area contributed by atoms with Crippen LogP contribution in [0.5, 0.6) is 0 Å². The van der Waals surface area contributed by atoms with Gasteiger partial charge in [0.2, 0.25) is 0 Å². The molecule has 4 rings (SSSR count). The Kier molecular flexibility index (Phi) is 4.82. The molecule has 2 aromatic carbocycles. The van der Waals surface area contributed by atoms with Crippen molar-refractivity contribution in [2.24, 2.45) is 11.8 Å². The Morgan fingerprint density at radius 3 is 2.54 bits per heavy atom. The molecular weight excluding hydrogens is 320 g/mol. The normalized spacial score (nSPS) is 28.2. The predicted molar refractivity (Wildman–Crippen MR) is 105 cm³/mol. The van der Waals surface area contributed by atoms with Crippen molar-refractivity contribution in [2.75, 3.05) is 0 Å². The molecule has 0 bridgehead atoms. The van der Waals surface area contributed by atoms with Crippen LogP contribution in [0.3, 0.4) is 0 Å². The first-order chi connectivity index (χ1) is 12.7. The van der Waals surface area contributed by atoms with E-state index in [1.807, 2.05) is 24.3 Å². The lowest BCUT2D eigenvalue weighted by atomic mass is 9.77. The average molecular weight is 348 g/mol. The third kappa shape index (κ3) is 3.05. The van der Waals surface area contributed by atoms with Crippen LogP contribution in [0.15, 0.2) is 54.6 Å². The number of amides is 1. The minimum Gasteiger partial charge on any atom is -0.316 e. The molecule has 1 aliphatic heterocycles.